The van der Waals surface area contributed by atoms with E-state index in [2.05, 4.69) is 30.8 Å². The quantitative estimate of drug-likeness (QED) is 0.292. The SMILES string of the molecule is CC(C)(C)OC(=O)N[C@H]1CCCCC/C=C\[C@@H]2C[C@@]2(C(=O)O)NC(=O)[C@@H]2C[C@@H](Oc3cc(N4CCCC4)nc(Nc4ccc(F)cc4)n3)CN2C1=O. The predicted molar refractivity (Wildman–Crippen MR) is 190 cm³/mol. The number of ether oxygens (including phenoxy) is 2. The van der Waals surface area contributed by atoms with Crippen molar-refractivity contribution < 1.29 is 38.1 Å². The number of aromatic nitrogens is 2. The van der Waals surface area contributed by atoms with Gasteiger partial charge >= 0.3 is 12.1 Å². The summed E-state index contributed by atoms with van der Waals surface area (Å²) < 4.78 is 25.5. The number of carbonyl (C=O) groups excluding carboxylic acids is 3. The Morgan fingerprint density at radius 2 is 1.81 bits per heavy atom. The Morgan fingerprint density at radius 1 is 1.06 bits per heavy atom. The number of allylic oxidation sites excluding steroid dienone is 1. The molecule has 1 aromatic carbocycles. The van der Waals surface area contributed by atoms with Crippen LogP contribution in [0.1, 0.15) is 78.6 Å². The van der Waals surface area contributed by atoms with Gasteiger partial charge < -0.3 is 40.3 Å². The van der Waals surface area contributed by atoms with Gasteiger partial charge in [0, 0.05) is 37.2 Å². The van der Waals surface area contributed by atoms with Crippen LogP contribution in [0.3, 0.4) is 0 Å². The highest BCUT2D eigenvalue weighted by molar-refractivity contribution is 5.96. The largest absolute Gasteiger partial charge is 0.479 e. The first-order valence-electron chi connectivity index (χ1n) is 18.1. The summed E-state index contributed by atoms with van der Waals surface area (Å²) in [5.41, 5.74) is -1.69. The zero-order valence-electron chi connectivity index (χ0n) is 29.9. The molecule has 4 heterocycles. The maximum Gasteiger partial charge on any atom is 0.408 e. The lowest BCUT2D eigenvalue weighted by Crippen LogP contribution is -2.56. The summed E-state index contributed by atoms with van der Waals surface area (Å²) in [4.78, 5) is 66.5. The number of hydrogen-bond donors (Lipinski definition) is 4. The van der Waals surface area contributed by atoms with Gasteiger partial charge in [-0.3, -0.25) is 9.59 Å². The van der Waals surface area contributed by atoms with Crippen LogP contribution in [-0.4, -0.2) is 92.8 Å². The second-order valence-corrected chi connectivity index (χ2v) is 15.0. The number of nitrogens with zero attached hydrogens (tertiary/aromatic N) is 4. The van der Waals surface area contributed by atoms with Crippen molar-refractivity contribution in [2.45, 2.75) is 108 Å². The summed E-state index contributed by atoms with van der Waals surface area (Å²) in [5, 5.41) is 18.8. The summed E-state index contributed by atoms with van der Waals surface area (Å²) in [5.74, 6) is -1.91. The van der Waals surface area contributed by atoms with Crippen molar-refractivity contribution in [3.8, 4) is 5.88 Å². The van der Waals surface area contributed by atoms with Crippen LogP contribution < -0.4 is 25.6 Å². The van der Waals surface area contributed by atoms with Crippen LogP contribution in [0, 0.1) is 11.7 Å². The number of benzene rings is 1. The minimum absolute atomic E-state index is 0.0173. The lowest BCUT2D eigenvalue weighted by molar-refractivity contribution is -0.145. The first kappa shape index (κ1) is 36.8. The smallest absolute Gasteiger partial charge is 0.408 e. The van der Waals surface area contributed by atoms with E-state index in [1.54, 1.807) is 39.0 Å². The summed E-state index contributed by atoms with van der Waals surface area (Å²) >= 11 is 0. The molecule has 4 N–H and O–H groups in total. The van der Waals surface area contributed by atoms with E-state index in [1.807, 2.05) is 12.2 Å². The molecule has 14 nitrogen and oxygen atoms in total. The monoisotopic (exact) mass is 721 g/mol. The second-order valence-electron chi connectivity index (χ2n) is 15.0. The topological polar surface area (TPSA) is 175 Å². The zero-order chi connectivity index (χ0) is 37.0. The molecule has 52 heavy (non-hydrogen) atoms. The number of aliphatic carboxylic acids is 1. The van der Waals surface area contributed by atoms with Crippen molar-refractivity contribution in [3.05, 3.63) is 48.3 Å². The van der Waals surface area contributed by atoms with Crippen LogP contribution in [-0.2, 0) is 19.1 Å². The van der Waals surface area contributed by atoms with Gasteiger partial charge in [-0.25, -0.2) is 14.0 Å². The number of halogens is 1. The van der Waals surface area contributed by atoms with E-state index >= 15 is 0 Å². The summed E-state index contributed by atoms with van der Waals surface area (Å²) in [6.45, 7) is 6.77. The number of anilines is 3. The Kier molecular flexibility index (Phi) is 10.9. The molecule has 3 aliphatic heterocycles. The standard InChI is InChI=1S/C37H48FN7O7/c1-36(2,3)52-35(50)40-27-12-8-6-4-5-7-11-23-21-37(23,33(48)49)43-31(46)28-19-26(22-45(28)32(27)47)51-30-20-29(44-17-9-10-18-44)41-34(42-30)39-25-15-13-24(38)14-16-25/h7,11,13-16,20,23,26-28H,4-6,8-10,12,17-19,21-22H2,1-3H3,(H,40,50)(H,43,46)(H,48,49)(H,39,41,42)/b11-7-/t23-,26-,27+,28+,37-/m1/s1. The third-order valence-corrected chi connectivity index (χ3v) is 9.82. The van der Waals surface area contributed by atoms with Gasteiger partial charge in [-0.2, -0.15) is 9.97 Å². The lowest BCUT2D eigenvalue weighted by atomic mass is 10.0. The van der Waals surface area contributed by atoms with Crippen molar-refractivity contribution in [2.75, 3.05) is 29.9 Å². The molecule has 2 saturated heterocycles. The molecule has 1 saturated carbocycles. The Bertz CT molecular complexity index is 1680. The maximum atomic E-state index is 14.3. The van der Waals surface area contributed by atoms with Crippen molar-refractivity contribution in [1.29, 1.82) is 0 Å². The average Bonchev–Trinajstić information content (AvgIpc) is 3.39. The van der Waals surface area contributed by atoms with E-state index in [4.69, 9.17) is 9.47 Å². The number of nitrogens with one attached hydrogen (secondary N) is 3. The van der Waals surface area contributed by atoms with Crippen molar-refractivity contribution in [1.82, 2.24) is 25.5 Å². The highest BCUT2D eigenvalue weighted by atomic mass is 19.1. The first-order valence-corrected chi connectivity index (χ1v) is 18.1. The molecule has 15 heteroatoms. The molecule has 0 bridgehead atoms. The number of hydrogen-bond acceptors (Lipinski definition) is 10. The molecule has 3 amide bonds. The summed E-state index contributed by atoms with van der Waals surface area (Å²) in [6, 6.07) is 5.44. The summed E-state index contributed by atoms with van der Waals surface area (Å²) in [6.07, 6.45) is 7.95. The summed E-state index contributed by atoms with van der Waals surface area (Å²) in [7, 11) is 0. The molecule has 0 unspecified atom stereocenters. The number of fused-ring (bicyclic) bond motifs is 2. The highest BCUT2D eigenvalue weighted by Crippen LogP contribution is 2.45. The van der Waals surface area contributed by atoms with Gasteiger partial charge in [0.15, 0.2) is 0 Å². The zero-order valence-corrected chi connectivity index (χ0v) is 29.9. The third kappa shape index (κ3) is 8.91. The molecule has 3 fully saturated rings. The third-order valence-electron chi connectivity index (χ3n) is 9.82. The minimum atomic E-state index is -1.46. The molecule has 1 aliphatic carbocycles. The fourth-order valence-corrected chi connectivity index (χ4v) is 7.07. The molecule has 1 aromatic heterocycles. The predicted octanol–water partition coefficient (Wildman–Crippen LogP) is 4.68. The average molecular weight is 722 g/mol. The molecule has 4 aliphatic rings. The minimum Gasteiger partial charge on any atom is -0.479 e. The van der Waals surface area contributed by atoms with Crippen molar-refractivity contribution in [2.24, 2.45) is 5.92 Å². The normalized spacial score (nSPS) is 27.3. The van der Waals surface area contributed by atoms with Crippen molar-refractivity contribution >= 4 is 41.3 Å². The first-order chi connectivity index (χ1) is 24.8. The van der Waals surface area contributed by atoms with Crippen LogP contribution in [0.2, 0.25) is 0 Å². The molecule has 280 valence electrons. The molecule has 6 rings (SSSR count). The van der Waals surface area contributed by atoms with Gasteiger partial charge in [-0.05, 0) is 83.6 Å². The molecule has 0 radical (unpaired) electrons. The Morgan fingerprint density at radius 3 is 2.52 bits per heavy atom. The van der Waals surface area contributed by atoms with Gasteiger partial charge in [-0.1, -0.05) is 25.0 Å². The van der Waals surface area contributed by atoms with Crippen LogP contribution in [0.15, 0.2) is 42.5 Å². The fraction of sp³-hybridized carbons (Fsp3) is 0.568. The number of carboxylic acids is 1. The van der Waals surface area contributed by atoms with E-state index in [0.717, 1.165) is 45.2 Å². The van der Waals surface area contributed by atoms with Gasteiger partial charge in [0.25, 0.3) is 0 Å². The number of rotatable bonds is 7. The molecule has 2 aromatic rings. The van der Waals surface area contributed by atoms with Crippen LogP contribution in [0.25, 0.3) is 0 Å². The van der Waals surface area contributed by atoms with E-state index in [9.17, 15) is 28.7 Å². The fourth-order valence-electron chi connectivity index (χ4n) is 7.07. The van der Waals surface area contributed by atoms with E-state index in [1.165, 1.54) is 17.0 Å². The van der Waals surface area contributed by atoms with Crippen LogP contribution >= 0.6 is 0 Å². The van der Waals surface area contributed by atoms with E-state index in [0.29, 0.717) is 24.3 Å². The molecular weight excluding hydrogens is 673 g/mol. The van der Waals surface area contributed by atoms with Crippen LogP contribution in [0.4, 0.5) is 26.6 Å². The highest BCUT2D eigenvalue weighted by Gasteiger charge is 2.61. The maximum absolute atomic E-state index is 14.3. The second kappa shape index (κ2) is 15.3. The molecule has 0 spiro atoms. The molecule has 5 atom stereocenters. The van der Waals surface area contributed by atoms with Crippen molar-refractivity contribution in [3.63, 3.8) is 0 Å². The number of carboxylic acid groups (broad SMARTS) is 1. The Labute approximate surface area is 302 Å². The van der Waals surface area contributed by atoms with Gasteiger partial charge in [0.05, 0.1) is 6.54 Å². The van der Waals surface area contributed by atoms with Crippen LogP contribution in [0.5, 0.6) is 5.88 Å². The number of carbonyl (C=O) groups is 4. The molecular formula is C37H48FN7O7. The number of amides is 3. The van der Waals surface area contributed by atoms with E-state index < -0.39 is 53.2 Å². The Balaban J connectivity index is 1.28. The van der Waals surface area contributed by atoms with E-state index in [-0.39, 0.29) is 42.9 Å². The van der Waals surface area contributed by atoms with Gasteiger partial charge in [0.2, 0.25) is 23.6 Å². The van der Waals surface area contributed by atoms with Gasteiger partial charge in [-0.15, -0.1) is 0 Å². The number of alkyl carbamates (subject to hydrolysis) is 1. The van der Waals surface area contributed by atoms with Gasteiger partial charge in [0.1, 0.15) is 41.0 Å². The lowest BCUT2D eigenvalue weighted by Gasteiger charge is -2.30. The Hall–Kier alpha value is -4.95.